The number of alkyl halides is 3. The number of aromatic amines is 2. The third kappa shape index (κ3) is 3.97. The maximum absolute atomic E-state index is 12.9. The molecule has 5 aromatic rings. The number of H-pyrrole nitrogens is 2. The molecule has 0 fully saturated rings. The Hall–Kier alpha value is -4.34. The Morgan fingerprint density at radius 1 is 0.969 bits per heavy atom. The third-order valence-corrected chi connectivity index (χ3v) is 4.71. The lowest BCUT2D eigenvalue weighted by atomic mass is 10.2. The molecule has 7 nitrogen and oxygen atoms in total. The van der Waals surface area contributed by atoms with Gasteiger partial charge >= 0.3 is 6.18 Å². The largest absolute Gasteiger partial charge is 0.457 e. The normalized spacial score (nSPS) is 11.6. The van der Waals surface area contributed by atoms with Crippen molar-refractivity contribution in [3.63, 3.8) is 0 Å². The van der Waals surface area contributed by atoms with Gasteiger partial charge in [0, 0.05) is 23.6 Å². The predicted molar refractivity (Wildman–Crippen MR) is 113 cm³/mol. The minimum Gasteiger partial charge on any atom is -0.457 e. The number of halogens is 3. The van der Waals surface area contributed by atoms with Gasteiger partial charge in [-0.25, -0.2) is 4.98 Å². The highest BCUT2D eigenvalue weighted by Gasteiger charge is 2.30. The molecule has 0 unspecified atom stereocenters. The van der Waals surface area contributed by atoms with Gasteiger partial charge in [0.1, 0.15) is 17.1 Å². The standard InChI is InChI=1S/C22H15F3N6O/c23-22(24,25)14-2-1-3-15(12-14)28-21-29-19(30-31-21)13-4-6-16(7-5-13)32-18-9-11-27-20-17(18)8-10-26-20/h1-12H,(H,26,27)(H2,28,29,30,31). The molecule has 160 valence electrons. The van der Waals surface area contributed by atoms with Gasteiger partial charge in [0.2, 0.25) is 5.95 Å². The first-order chi connectivity index (χ1) is 15.5. The second-order valence-electron chi connectivity index (χ2n) is 6.89. The Balaban J connectivity index is 1.31. The van der Waals surface area contributed by atoms with Gasteiger partial charge in [-0.2, -0.15) is 18.2 Å². The van der Waals surface area contributed by atoms with E-state index < -0.39 is 11.7 Å². The minimum absolute atomic E-state index is 0.159. The van der Waals surface area contributed by atoms with E-state index in [9.17, 15) is 13.2 Å². The van der Waals surface area contributed by atoms with E-state index in [0.717, 1.165) is 28.7 Å². The Morgan fingerprint density at radius 3 is 2.62 bits per heavy atom. The molecule has 5 rings (SSSR count). The molecule has 0 radical (unpaired) electrons. The van der Waals surface area contributed by atoms with Crippen molar-refractivity contribution in [1.82, 2.24) is 25.1 Å². The van der Waals surface area contributed by atoms with Crippen LogP contribution in [0.4, 0.5) is 24.8 Å². The van der Waals surface area contributed by atoms with Gasteiger partial charge in [-0.3, -0.25) is 5.10 Å². The molecule has 0 aliphatic carbocycles. The number of pyridine rings is 1. The molecule has 0 aliphatic rings. The molecule has 3 heterocycles. The van der Waals surface area contributed by atoms with Gasteiger partial charge in [0.05, 0.1) is 10.9 Å². The first-order valence-corrected chi connectivity index (χ1v) is 9.53. The van der Waals surface area contributed by atoms with Crippen LogP contribution in [0.3, 0.4) is 0 Å². The highest BCUT2D eigenvalue weighted by Crippen LogP contribution is 2.32. The smallest absolute Gasteiger partial charge is 0.416 e. The van der Waals surface area contributed by atoms with Crippen molar-refractivity contribution < 1.29 is 17.9 Å². The minimum atomic E-state index is -4.42. The van der Waals surface area contributed by atoms with Crippen LogP contribution >= 0.6 is 0 Å². The lowest BCUT2D eigenvalue weighted by Gasteiger charge is -2.08. The Kier molecular flexibility index (Phi) is 4.74. The zero-order chi connectivity index (χ0) is 22.1. The first kappa shape index (κ1) is 19.6. The zero-order valence-electron chi connectivity index (χ0n) is 16.3. The number of rotatable bonds is 5. The third-order valence-electron chi connectivity index (χ3n) is 4.71. The summed E-state index contributed by atoms with van der Waals surface area (Å²) >= 11 is 0. The quantitative estimate of drug-likeness (QED) is 0.319. The topological polar surface area (TPSA) is 91.5 Å². The van der Waals surface area contributed by atoms with Crippen molar-refractivity contribution in [2.24, 2.45) is 0 Å². The van der Waals surface area contributed by atoms with Gasteiger partial charge in [-0.05, 0) is 54.6 Å². The summed E-state index contributed by atoms with van der Waals surface area (Å²) in [5.41, 5.74) is 0.965. The van der Waals surface area contributed by atoms with Crippen LogP contribution in [0.2, 0.25) is 0 Å². The van der Waals surface area contributed by atoms with Crippen molar-refractivity contribution >= 4 is 22.7 Å². The first-order valence-electron chi connectivity index (χ1n) is 9.53. The van der Waals surface area contributed by atoms with E-state index in [4.69, 9.17) is 4.74 Å². The summed E-state index contributed by atoms with van der Waals surface area (Å²) in [5, 5.41) is 10.5. The summed E-state index contributed by atoms with van der Waals surface area (Å²) in [6, 6.07) is 15.7. The summed E-state index contributed by atoms with van der Waals surface area (Å²) in [6.45, 7) is 0. The van der Waals surface area contributed by atoms with Crippen LogP contribution in [-0.2, 0) is 6.18 Å². The lowest BCUT2D eigenvalue weighted by molar-refractivity contribution is -0.137. The van der Waals surface area contributed by atoms with Crippen LogP contribution in [0, 0.1) is 0 Å². The molecule has 0 saturated heterocycles. The van der Waals surface area contributed by atoms with Crippen LogP contribution in [0.1, 0.15) is 5.56 Å². The van der Waals surface area contributed by atoms with Crippen LogP contribution < -0.4 is 10.1 Å². The average Bonchev–Trinajstić information content (AvgIpc) is 3.44. The van der Waals surface area contributed by atoms with Gasteiger partial charge in [0.15, 0.2) is 5.82 Å². The van der Waals surface area contributed by atoms with E-state index in [2.05, 4.69) is 30.5 Å². The number of fused-ring (bicyclic) bond motifs is 1. The molecule has 0 bridgehead atoms. The maximum atomic E-state index is 12.9. The number of aromatic nitrogens is 5. The summed E-state index contributed by atoms with van der Waals surface area (Å²) in [6.07, 6.45) is -0.965. The van der Waals surface area contributed by atoms with E-state index in [-0.39, 0.29) is 11.6 Å². The monoisotopic (exact) mass is 436 g/mol. The highest BCUT2D eigenvalue weighted by molar-refractivity contribution is 5.82. The molecule has 0 amide bonds. The molecule has 10 heteroatoms. The summed E-state index contributed by atoms with van der Waals surface area (Å²) in [7, 11) is 0. The molecule has 3 aromatic heterocycles. The number of nitrogens with zero attached hydrogens (tertiary/aromatic N) is 3. The molecule has 2 aromatic carbocycles. The average molecular weight is 436 g/mol. The molecule has 0 aliphatic heterocycles. The van der Waals surface area contributed by atoms with E-state index >= 15 is 0 Å². The summed E-state index contributed by atoms with van der Waals surface area (Å²) in [4.78, 5) is 11.6. The number of nitrogens with one attached hydrogen (secondary N) is 3. The maximum Gasteiger partial charge on any atom is 0.416 e. The fourth-order valence-electron chi connectivity index (χ4n) is 3.18. The van der Waals surface area contributed by atoms with Gasteiger partial charge < -0.3 is 15.0 Å². The van der Waals surface area contributed by atoms with E-state index in [1.807, 2.05) is 6.07 Å². The molecule has 0 spiro atoms. The zero-order valence-corrected chi connectivity index (χ0v) is 16.3. The second-order valence-corrected chi connectivity index (χ2v) is 6.89. The van der Waals surface area contributed by atoms with Crippen molar-refractivity contribution in [3.05, 3.63) is 78.6 Å². The van der Waals surface area contributed by atoms with Crippen LogP contribution in [0.5, 0.6) is 11.5 Å². The fourth-order valence-corrected chi connectivity index (χ4v) is 3.18. The fraction of sp³-hybridized carbons (Fsp3) is 0.0455. The Labute approximate surface area is 179 Å². The predicted octanol–water partition coefficient (Wildman–Crippen LogP) is 5.90. The van der Waals surface area contributed by atoms with Crippen molar-refractivity contribution in [2.75, 3.05) is 5.32 Å². The molecular formula is C22H15F3N6O. The van der Waals surface area contributed by atoms with Crippen molar-refractivity contribution in [3.8, 4) is 22.9 Å². The number of ether oxygens (including phenoxy) is 1. The lowest BCUT2D eigenvalue weighted by Crippen LogP contribution is -2.05. The van der Waals surface area contributed by atoms with Crippen molar-refractivity contribution in [1.29, 1.82) is 0 Å². The Bertz CT molecular complexity index is 1370. The Morgan fingerprint density at radius 2 is 1.81 bits per heavy atom. The van der Waals surface area contributed by atoms with Gasteiger partial charge in [-0.1, -0.05) is 6.07 Å². The number of hydrogen-bond donors (Lipinski definition) is 3. The van der Waals surface area contributed by atoms with E-state index in [0.29, 0.717) is 17.3 Å². The van der Waals surface area contributed by atoms with Crippen LogP contribution in [0.15, 0.2) is 73.1 Å². The van der Waals surface area contributed by atoms with E-state index in [1.165, 1.54) is 12.1 Å². The number of benzene rings is 2. The van der Waals surface area contributed by atoms with E-state index in [1.54, 1.807) is 42.7 Å². The van der Waals surface area contributed by atoms with Crippen molar-refractivity contribution in [2.45, 2.75) is 6.18 Å². The van der Waals surface area contributed by atoms with Crippen LogP contribution in [-0.4, -0.2) is 25.1 Å². The summed E-state index contributed by atoms with van der Waals surface area (Å²) < 4.78 is 44.6. The second kappa shape index (κ2) is 7.73. The molecule has 0 atom stereocenters. The molecule has 3 N–H and O–H groups in total. The molecule has 0 saturated carbocycles. The SMILES string of the molecule is FC(F)(F)c1cccc(Nc2n[nH]c(-c3ccc(Oc4ccnc5[nH]ccc45)cc3)n2)c1. The van der Waals surface area contributed by atoms with Crippen LogP contribution in [0.25, 0.3) is 22.4 Å². The van der Waals surface area contributed by atoms with Gasteiger partial charge in [0.25, 0.3) is 0 Å². The summed E-state index contributed by atoms with van der Waals surface area (Å²) in [5.74, 6) is 1.93. The van der Waals surface area contributed by atoms with Gasteiger partial charge in [-0.15, -0.1) is 5.10 Å². The molecule has 32 heavy (non-hydrogen) atoms. The molecular weight excluding hydrogens is 421 g/mol. The number of anilines is 2. The number of hydrogen-bond acceptors (Lipinski definition) is 5. The highest BCUT2D eigenvalue weighted by atomic mass is 19.4.